The average Bonchev–Trinajstić information content (AvgIpc) is 2.52. The molecule has 0 fully saturated rings. The second-order valence-electron chi connectivity index (χ2n) is 4.50. The number of carbonyl (C=O) groups excluding carboxylic acids is 2. The van der Waals surface area contributed by atoms with Crippen LogP contribution >= 0.6 is 11.6 Å². The van der Waals surface area contributed by atoms with Crippen molar-refractivity contribution in [3.05, 3.63) is 70.0 Å². The highest BCUT2D eigenvalue weighted by atomic mass is 35.5. The lowest BCUT2D eigenvalue weighted by Crippen LogP contribution is -2.23. The molecule has 0 aliphatic carbocycles. The van der Waals surface area contributed by atoms with Crippen LogP contribution in [0.25, 0.3) is 0 Å². The van der Waals surface area contributed by atoms with Gasteiger partial charge in [0.25, 0.3) is 5.91 Å². The summed E-state index contributed by atoms with van der Waals surface area (Å²) in [5.41, 5.74) is 1.12. The Balaban J connectivity index is 2.00. The van der Waals surface area contributed by atoms with E-state index in [0.717, 1.165) is 11.6 Å². The number of ether oxygens (including phenoxy) is 1. The highest BCUT2D eigenvalue weighted by Crippen LogP contribution is 2.14. The van der Waals surface area contributed by atoms with Gasteiger partial charge >= 0.3 is 5.97 Å². The summed E-state index contributed by atoms with van der Waals surface area (Å²) >= 11 is 5.64. The van der Waals surface area contributed by atoms with E-state index in [0.29, 0.717) is 5.56 Å². The van der Waals surface area contributed by atoms with E-state index in [2.05, 4.69) is 10.1 Å². The first kappa shape index (κ1) is 16.0. The molecule has 0 atom stereocenters. The van der Waals surface area contributed by atoms with E-state index in [1.807, 2.05) is 0 Å². The molecule has 0 aliphatic heterocycles. The van der Waals surface area contributed by atoms with Gasteiger partial charge in [-0.25, -0.2) is 9.18 Å². The SMILES string of the molecule is COC(=O)c1ccc(CNC(=O)c2ccc(Cl)cc2F)cc1. The number of esters is 1. The number of nitrogens with one attached hydrogen (secondary N) is 1. The molecule has 1 N–H and O–H groups in total. The van der Waals surface area contributed by atoms with Crippen LogP contribution in [-0.4, -0.2) is 19.0 Å². The topological polar surface area (TPSA) is 55.4 Å². The van der Waals surface area contributed by atoms with Gasteiger partial charge in [0.2, 0.25) is 0 Å². The number of hydrogen-bond acceptors (Lipinski definition) is 3. The Labute approximate surface area is 131 Å². The molecule has 0 saturated heterocycles. The number of benzene rings is 2. The highest BCUT2D eigenvalue weighted by Gasteiger charge is 2.12. The molecular weight excluding hydrogens is 309 g/mol. The quantitative estimate of drug-likeness (QED) is 0.880. The normalized spacial score (nSPS) is 10.1. The molecule has 0 saturated carbocycles. The minimum absolute atomic E-state index is 0.0735. The van der Waals surface area contributed by atoms with Crippen LogP contribution in [0.2, 0.25) is 5.02 Å². The van der Waals surface area contributed by atoms with Gasteiger partial charge in [-0.1, -0.05) is 23.7 Å². The van der Waals surface area contributed by atoms with Crippen molar-refractivity contribution >= 4 is 23.5 Å². The van der Waals surface area contributed by atoms with Crippen LogP contribution in [0.15, 0.2) is 42.5 Å². The zero-order valence-corrected chi connectivity index (χ0v) is 12.5. The van der Waals surface area contributed by atoms with Crippen molar-refractivity contribution in [2.45, 2.75) is 6.54 Å². The third kappa shape index (κ3) is 3.83. The molecule has 6 heteroatoms. The summed E-state index contributed by atoms with van der Waals surface area (Å²) in [6.45, 7) is 0.211. The third-order valence-corrected chi connectivity index (χ3v) is 3.24. The van der Waals surface area contributed by atoms with Crippen LogP contribution in [0.5, 0.6) is 0 Å². The van der Waals surface area contributed by atoms with Gasteiger partial charge in [0.15, 0.2) is 0 Å². The van der Waals surface area contributed by atoms with Crippen molar-refractivity contribution in [2.24, 2.45) is 0 Å². The Morgan fingerprint density at radius 1 is 1.18 bits per heavy atom. The largest absolute Gasteiger partial charge is 0.465 e. The van der Waals surface area contributed by atoms with Crippen molar-refractivity contribution in [2.75, 3.05) is 7.11 Å². The van der Waals surface area contributed by atoms with E-state index in [9.17, 15) is 14.0 Å². The smallest absolute Gasteiger partial charge is 0.337 e. The monoisotopic (exact) mass is 321 g/mol. The lowest BCUT2D eigenvalue weighted by Gasteiger charge is -2.07. The van der Waals surface area contributed by atoms with Crippen molar-refractivity contribution in [3.63, 3.8) is 0 Å². The number of methoxy groups -OCH3 is 1. The maximum atomic E-state index is 13.6. The molecule has 2 rings (SSSR count). The minimum atomic E-state index is -0.675. The maximum Gasteiger partial charge on any atom is 0.337 e. The number of rotatable bonds is 4. The van der Waals surface area contributed by atoms with Gasteiger partial charge in [-0.05, 0) is 35.9 Å². The van der Waals surface area contributed by atoms with Crippen LogP contribution in [0.1, 0.15) is 26.3 Å². The van der Waals surface area contributed by atoms with Gasteiger partial charge in [0, 0.05) is 11.6 Å². The summed E-state index contributed by atoms with van der Waals surface area (Å²) in [6, 6.07) is 10.4. The van der Waals surface area contributed by atoms with E-state index in [1.54, 1.807) is 24.3 Å². The molecule has 0 aliphatic rings. The summed E-state index contributed by atoms with van der Waals surface area (Å²) in [6.07, 6.45) is 0. The fourth-order valence-electron chi connectivity index (χ4n) is 1.83. The molecule has 0 radical (unpaired) electrons. The van der Waals surface area contributed by atoms with Gasteiger partial charge in [0.05, 0.1) is 18.2 Å². The second-order valence-corrected chi connectivity index (χ2v) is 4.93. The van der Waals surface area contributed by atoms with Crippen LogP contribution in [0, 0.1) is 5.82 Å². The van der Waals surface area contributed by atoms with Crippen LogP contribution in [0.3, 0.4) is 0 Å². The molecular formula is C16H13ClFNO3. The number of hydrogen-bond donors (Lipinski definition) is 1. The molecule has 0 spiro atoms. The van der Waals surface area contributed by atoms with E-state index >= 15 is 0 Å². The van der Waals surface area contributed by atoms with Crippen LogP contribution in [0.4, 0.5) is 4.39 Å². The Hall–Kier alpha value is -2.40. The highest BCUT2D eigenvalue weighted by molar-refractivity contribution is 6.30. The zero-order chi connectivity index (χ0) is 16.1. The molecule has 0 unspecified atom stereocenters. The molecule has 0 heterocycles. The predicted molar refractivity (Wildman–Crippen MR) is 80.4 cm³/mol. The second kappa shape index (κ2) is 7.04. The lowest BCUT2D eigenvalue weighted by atomic mass is 10.1. The number of halogens is 2. The third-order valence-electron chi connectivity index (χ3n) is 3.00. The zero-order valence-electron chi connectivity index (χ0n) is 11.7. The van der Waals surface area contributed by atoms with Crippen LogP contribution < -0.4 is 5.32 Å². The fourth-order valence-corrected chi connectivity index (χ4v) is 1.99. The predicted octanol–water partition coefficient (Wildman–Crippen LogP) is 3.20. The molecule has 22 heavy (non-hydrogen) atoms. The van der Waals surface area contributed by atoms with E-state index < -0.39 is 17.7 Å². The maximum absolute atomic E-state index is 13.6. The van der Waals surface area contributed by atoms with E-state index in [-0.39, 0.29) is 17.1 Å². The standard InChI is InChI=1S/C16H13ClFNO3/c1-22-16(21)11-4-2-10(3-5-11)9-19-15(20)13-7-6-12(17)8-14(13)18/h2-8H,9H2,1H3,(H,19,20). The first-order valence-electron chi connectivity index (χ1n) is 6.42. The molecule has 0 aromatic heterocycles. The van der Waals surface area contributed by atoms with Crippen molar-refractivity contribution < 1.29 is 18.7 Å². The summed E-state index contributed by atoms with van der Waals surface area (Å²) in [7, 11) is 1.30. The minimum Gasteiger partial charge on any atom is -0.465 e. The molecule has 2 aromatic rings. The van der Waals surface area contributed by atoms with E-state index in [1.165, 1.54) is 19.2 Å². The Bertz CT molecular complexity index is 701. The van der Waals surface area contributed by atoms with Gasteiger partial charge < -0.3 is 10.1 Å². The van der Waals surface area contributed by atoms with Gasteiger partial charge in [0.1, 0.15) is 5.82 Å². The summed E-state index contributed by atoms with van der Waals surface area (Å²) in [5, 5.41) is 2.83. The van der Waals surface area contributed by atoms with Crippen molar-refractivity contribution in [1.29, 1.82) is 0 Å². The van der Waals surface area contributed by atoms with Crippen molar-refractivity contribution in [3.8, 4) is 0 Å². The summed E-state index contributed by atoms with van der Waals surface area (Å²) < 4.78 is 18.2. The molecule has 2 aromatic carbocycles. The van der Waals surface area contributed by atoms with Crippen molar-refractivity contribution in [1.82, 2.24) is 5.32 Å². The fraction of sp³-hybridized carbons (Fsp3) is 0.125. The van der Waals surface area contributed by atoms with Gasteiger partial charge in [-0.15, -0.1) is 0 Å². The number of carbonyl (C=O) groups is 2. The molecule has 4 nitrogen and oxygen atoms in total. The first-order chi connectivity index (χ1) is 10.5. The molecule has 114 valence electrons. The average molecular weight is 322 g/mol. The lowest BCUT2D eigenvalue weighted by molar-refractivity contribution is 0.0600. The Morgan fingerprint density at radius 3 is 2.45 bits per heavy atom. The van der Waals surface area contributed by atoms with Gasteiger partial charge in [-0.3, -0.25) is 4.79 Å². The molecule has 1 amide bonds. The Morgan fingerprint density at radius 2 is 1.86 bits per heavy atom. The van der Waals surface area contributed by atoms with Crippen LogP contribution in [-0.2, 0) is 11.3 Å². The first-order valence-corrected chi connectivity index (χ1v) is 6.79. The Kier molecular flexibility index (Phi) is 5.12. The van der Waals surface area contributed by atoms with E-state index in [4.69, 9.17) is 11.6 Å². The summed E-state index contributed by atoms with van der Waals surface area (Å²) in [4.78, 5) is 23.2. The number of amides is 1. The van der Waals surface area contributed by atoms with Gasteiger partial charge in [-0.2, -0.15) is 0 Å². The molecule has 0 bridgehead atoms. The summed E-state index contributed by atoms with van der Waals surface area (Å²) in [5.74, 6) is -1.64.